The highest BCUT2D eigenvalue weighted by Crippen LogP contribution is 2.31. The van der Waals surface area contributed by atoms with Crippen molar-refractivity contribution in [1.82, 2.24) is 10.3 Å². The molecule has 1 heterocycles. The summed E-state index contributed by atoms with van der Waals surface area (Å²) < 4.78 is 4.95. The number of benzene rings is 3. The minimum atomic E-state index is -1.05. The van der Waals surface area contributed by atoms with E-state index in [1.807, 2.05) is 78.9 Å². The quantitative estimate of drug-likeness (QED) is 0.137. The fourth-order valence-electron chi connectivity index (χ4n) is 5.16. The highest BCUT2D eigenvalue weighted by molar-refractivity contribution is 7.99. The minimum absolute atomic E-state index is 0.178. The number of carboxylic acids is 1. The van der Waals surface area contributed by atoms with Gasteiger partial charge in [0.1, 0.15) is 0 Å². The molecule has 0 saturated heterocycles. The number of rotatable bonds is 10. The van der Waals surface area contributed by atoms with E-state index in [4.69, 9.17) is 21.3 Å². The Morgan fingerprint density at radius 2 is 1.75 bits per heavy atom. The van der Waals surface area contributed by atoms with Crippen LogP contribution in [0.25, 0.3) is 23.1 Å². The smallest absolute Gasteiger partial charge is 0.338 e. The van der Waals surface area contributed by atoms with Gasteiger partial charge >= 0.3 is 11.9 Å². The first-order valence-electron chi connectivity index (χ1n) is 14.2. The van der Waals surface area contributed by atoms with Gasteiger partial charge in [-0.15, -0.1) is 11.8 Å². The fraction of sp³-hybridized carbons (Fsp3) is 0.200. The fourth-order valence-corrected chi connectivity index (χ4v) is 6.43. The Labute approximate surface area is 265 Å². The molecule has 1 amide bonds. The maximum absolute atomic E-state index is 13.5. The number of halogens is 1. The molecule has 4 aromatic rings. The van der Waals surface area contributed by atoms with Gasteiger partial charge in [-0.05, 0) is 79.3 Å². The van der Waals surface area contributed by atoms with E-state index in [-0.39, 0.29) is 11.5 Å². The molecule has 0 aliphatic heterocycles. The second-order valence-electron chi connectivity index (χ2n) is 10.4. The van der Waals surface area contributed by atoms with E-state index < -0.39 is 18.0 Å². The Morgan fingerprint density at radius 1 is 0.977 bits per heavy atom. The monoisotopic (exact) mass is 626 g/mol. The van der Waals surface area contributed by atoms with Crippen LogP contribution >= 0.6 is 23.4 Å². The normalized spacial score (nSPS) is 14.0. The standard InChI is InChI=1S/C35H31ClN2O5S/c1-43-35(42)29-11-4-5-12-32(29)44-21-31(38-33(39)27-9-2-3-10-28(27)34(40)41)24-8-6-7-22(19-24)13-17-26-18-15-23-14-16-25(36)20-30(23)37-26/h4-8,11-20,31H,2-3,9-10,21H2,1H3,(H,38,39)(H,40,41). The Bertz CT molecular complexity index is 1780. The average molecular weight is 627 g/mol. The molecule has 1 aromatic heterocycles. The second kappa shape index (κ2) is 14.4. The minimum Gasteiger partial charge on any atom is -0.478 e. The first kappa shape index (κ1) is 31.0. The van der Waals surface area contributed by atoms with Gasteiger partial charge < -0.3 is 15.2 Å². The highest BCUT2D eigenvalue weighted by atomic mass is 35.5. The van der Waals surface area contributed by atoms with Gasteiger partial charge in [-0.25, -0.2) is 14.6 Å². The molecule has 0 spiro atoms. The molecule has 1 aliphatic rings. The molecule has 0 bridgehead atoms. The Kier molecular flexibility index (Phi) is 10.1. The van der Waals surface area contributed by atoms with Crippen molar-refractivity contribution in [3.05, 3.63) is 117 Å². The van der Waals surface area contributed by atoms with Crippen LogP contribution in [0, 0.1) is 0 Å². The van der Waals surface area contributed by atoms with Gasteiger partial charge in [0.05, 0.1) is 29.9 Å². The van der Waals surface area contributed by atoms with Crippen LogP contribution in [-0.4, -0.2) is 40.8 Å². The topological polar surface area (TPSA) is 106 Å². The van der Waals surface area contributed by atoms with Crippen molar-refractivity contribution in [3.8, 4) is 0 Å². The third kappa shape index (κ3) is 7.56. The molecule has 3 aromatic carbocycles. The number of aromatic nitrogens is 1. The molecule has 0 saturated carbocycles. The van der Waals surface area contributed by atoms with Gasteiger partial charge in [0.15, 0.2) is 0 Å². The van der Waals surface area contributed by atoms with Crippen molar-refractivity contribution in [1.29, 1.82) is 0 Å². The summed E-state index contributed by atoms with van der Waals surface area (Å²) in [6, 6.07) is 24.0. The van der Waals surface area contributed by atoms with Crippen LogP contribution in [0.1, 0.15) is 58.9 Å². The number of methoxy groups -OCH3 is 1. The van der Waals surface area contributed by atoms with Gasteiger partial charge in [-0.2, -0.15) is 0 Å². The zero-order chi connectivity index (χ0) is 31.1. The highest BCUT2D eigenvalue weighted by Gasteiger charge is 2.26. The number of nitrogens with zero attached hydrogens (tertiary/aromatic N) is 1. The molecule has 0 radical (unpaired) electrons. The van der Waals surface area contributed by atoms with Crippen LogP contribution in [0.3, 0.4) is 0 Å². The summed E-state index contributed by atoms with van der Waals surface area (Å²) in [5, 5.41) is 14.4. The third-order valence-electron chi connectivity index (χ3n) is 7.44. The number of pyridine rings is 1. The van der Waals surface area contributed by atoms with Crippen LogP contribution < -0.4 is 5.32 Å². The largest absolute Gasteiger partial charge is 0.478 e. The van der Waals surface area contributed by atoms with Crippen molar-refractivity contribution in [2.75, 3.05) is 12.9 Å². The summed E-state index contributed by atoms with van der Waals surface area (Å²) >= 11 is 7.57. The maximum Gasteiger partial charge on any atom is 0.338 e. The number of carbonyl (C=O) groups excluding carboxylic acids is 2. The maximum atomic E-state index is 13.5. The van der Waals surface area contributed by atoms with Crippen molar-refractivity contribution in [2.24, 2.45) is 0 Å². The van der Waals surface area contributed by atoms with Gasteiger partial charge in [0, 0.05) is 32.2 Å². The van der Waals surface area contributed by atoms with E-state index in [0.29, 0.717) is 34.8 Å². The van der Waals surface area contributed by atoms with Crippen LogP contribution in [0.15, 0.2) is 94.9 Å². The Hall–Kier alpha value is -4.40. The second-order valence-corrected chi connectivity index (χ2v) is 11.9. The van der Waals surface area contributed by atoms with Gasteiger partial charge in [-0.3, -0.25) is 4.79 Å². The first-order valence-corrected chi connectivity index (χ1v) is 15.6. The summed E-state index contributed by atoms with van der Waals surface area (Å²) in [6.45, 7) is 0. The number of hydrogen-bond donors (Lipinski definition) is 2. The van der Waals surface area contributed by atoms with Crippen molar-refractivity contribution < 1.29 is 24.2 Å². The zero-order valence-corrected chi connectivity index (χ0v) is 25.7. The molecular formula is C35H31ClN2O5S. The van der Waals surface area contributed by atoms with Gasteiger partial charge in [-0.1, -0.05) is 60.1 Å². The predicted molar refractivity (Wildman–Crippen MR) is 175 cm³/mol. The first-order chi connectivity index (χ1) is 21.3. The molecule has 7 nitrogen and oxygen atoms in total. The molecule has 224 valence electrons. The Balaban J connectivity index is 1.43. The summed E-state index contributed by atoms with van der Waals surface area (Å²) in [5.74, 6) is -1.47. The summed E-state index contributed by atoms with van der Waals surface area (Å²) in [6.07, 6.45) is 6.17. The van der Waals surface area contributed by atoms with Crippen LogP contribution in [0.5, 0.6) is 0 Å². The zero-order valence-electron chi connectivity index (χ0n) is 24.1. The molecule has 9 heteroatoms. The molecular weight excluding hydrogens is 596 g/mol. The lowest BCUT2D eigenvalue weighted by Gasteiger charge is -2.23. The van der Waals surface area contributed by atoms with E-state index >= 15 is 0 Å². The SMILES string of the molecule is COC(=O)c1ccccc1SCC(NC(=O)C1=C(C(=O)O)CCCC1)c1cccc(C=Cc2ccc3ccc(Cl)cc3n2)c1. The number of aliphatic carboxylic acids is 1. The molecule has 0 fully saturated rings. The third-order valence-corrected chi connectivity index (χ3v) is 8.84. The van der Waals surface area contributed by atoms with Gasteiger partial charge in [0.2, 0.25) is 5.91 Å². The lowest BCUT2D eigenvalue weighted by Crippen LogP contribution is -2.33. The number of esters is 1. The van der Waals surface area contributed by atoms with Crippen molar-refractivity contribution >= 4 is 64.3 Å². The molecule has 1 atom stereocenters. The van der Waals surface area contributed by atoms with E-state index in [2.05, 4.69) is 5.32 Å². The van der Waals surface area contributed by atoms with E-state index in [9.17, 15) is 19.5 Å². The van der Waals surface area contributed by atoms with E-state index in [1.54, 1.807) is 12.1 Å². The number of ether oxygens (including phenoxy) is 1. The number of carbonyl (C=O) groups is 3. The molecule has 1 aliphatic carbocycles. The summed E-state index contributed by atoms with van der Waals surface area (Å²) in [4.78, 5) is 43.2. The molecule has 5 rings (SSSR count). The summed E-state index contributed by atoms with van der Waals surface area (Å²) in [7, 11) is 1.34. The lowest BCUT2D eigenvalue weighted by atomic mass is 9.91. The average Bonchev–Trinajstić information content (AvgIpc) is 3.05. The van der Waals surface area contributed by atoms with Crippen LogP contribution in [-0.2, 0) is 14.3 Å². The number of hydrogen-bond acceptors (Lipinski definition) is 6. The van der Waals surface area contributed by atoms with Crippen molar-refractivity contribution in [3.63, 3.8) is 0 Å². The predicted octanol–water partition coefficient (Wildman–Crippen LogP) is 7.75. The number of fused-ring (bicyclic) bond motifs is 1. The molecule has 44 heavy (non-hydrogen) atoms. The molecule has 2 N–H and O–H groups in total. The number of carboxylic acid groups (broad SMARTS) is 1. The lowest BCUT2D eigenvalue weighted by molar-refractivity contribution is -0.133. The summed E-state index contributed by atoms with van der Waals surface area (Å²) in [5.41, 5.74) is 4.26. The number of nitrogens with one attached hydrogen (secondary N) is 1. The van der Waals surface area contributed by atoms with Gasteiger partial charge in [0.25, 0.3) is 0 Å². The van der Waals surface area contributed by atoms with E-state index in [1.165, 1.54) is 18.9 Å². The Morgan fingerprint density at radius 3 is 2.55 bits per heavy atom. The van der Waals surface area contributed by atoms with E-state index in [0.717, 1.165) is 45.5 Å². The number of thioether (sulfide) groups is 1. The van der Waals surface area contributed by atoms with Crippen molar-refractivity contribution in [2.45, 2.75) is 36.6 Å². The van der Waals surface area contributed by atoms with Crippen LogP contribution in [0.2, 0.25) is 5.02 Å². The molecule has 1 unspecified atom stereocenters. The number of amides is 1. The van der Waals surface area contributed by atoms with Crippen LogP contribution in [0.4, 0.5) is 0 Å².